The fraction of sp³-hybridized carbons (Fsp3) is 0.250. The molecule has 2 rings (SSSR count). The van der Waals surface area contributed by atoms with Crippen molar-refractivity contribution in [3.05, 3.63) is 53.6 Å². The Kier molecular flexibility index (Phi) is 4.85. The highest BCUT2D eigenvalue weighted by Gasteiger charge is 2.07. The number of hydrogen-bond acceptors (Lipinski definition) is 4. The predicted molar refractivity (Wildman–Crippen MR) is 77.9 cm³/mol. The van der Waals surface area contributed by atoms with Gasteiger partial charge >= 0.3 is 0 Å². The summed E-state index contributed by atoms with van der Waals surface area (Å²) < 4.78 is 5.35. The van der Waals surface area contributed by atoms with Gasteiger partial charge in [-0.2, -0.15) is 0 Å². The van der Waals surface area contributed by atoms with Gasteiger partial charge in [0.05, 0.1) is 6.61 Å². The van der Waals surface area contributed by atoms with Gasteiger partial charge in [-0.05, 0) is 30.7 Å². The van der Waals surface area contributed by atoms with Gasteiger partial charge in [-0.15, -0.1) is 0 Å². The van der Waals surface area contributed by atoms with Gasteiger partial charge in [-0.3, -0.25) is 0 Å². The lowest BCUT2D eigenvalue weighted by Crippen LogP contribution is -2.12. The third kappa shape index (κ3) is 3.65. The molecule has 0 aliphatic carbocycles. The number of rotatable bonds is 6. The zero-order valence-corrected chi connectivity index (χ0v) is 11.5. The summed E-state index contributed by atoms with van der Waals surface area (Å²) in [5, 5.41) is 22.5. The van der Waals surface area contributed by atoms with Crippen LogP contribution in [0.15, 0.2) is 42.5 Å². The monoisotopic (exact) mass is 273 g/mol. The van der Waals surface area contributed by atoms with E-state index in [2.05, 4.69) is 5.32 Å². The Labute approximate surface area is 118 Å². The summed E-state index contributed by atoms with van der Waals surface area (Å²) in [5.41, 5.74) is 1.87. The topological polar surface area (TPSA) is 61.7 Å². The number of aromatic hydroxyl groups is 2. The van der Waals surface area contributed by atoms with E-state index in [1.807, 2.05) is 31.2 Å². The fourth-order valence-corrected chi connectivity index (χ4v) is 1.94. The molecule has 0 unspecified atom stereocenters. The highest BCUT2D eigenvalue weighted by Crippen LogP contribution is 2.29. The molecular weight excluding hydrogens is 254 g/mol. The SMILES string of the molecule is CCOc1cccc(CNCc2ccc(O)cc2)c1O. The zero-order chi connectivity index (χ0) is 14.4. The van der Waals surface area contributed by atoms with Gasteiger partial charge in [-0.25, -0.2) is 0 Å². The maximum Gasteiger partial charge on any atom is 0.162 e. The second-order valence-corrected chi connectivity index (χ2v) is 4.47. The molecule has 0 fully saturated rings. The number of para-hydroxylation sites is 1. The molecule has 0 atom stereocenters. The molecule has 0 radical (unpaired) electrons. The first-order chi connectivity index (χ1) is 9.70. The molecule has 0 heterocycles. The Morgan fingerprint density at radius 3 is 2.45 bits per heavy atom. The standard InChI is InChI=1S/C16H19NO3/c1-2-20-15-5-3-4-13(16(15)19)11-17-10-12-6-8-14(18)9-7-12/h3-9,17-19H,2,10-11H2,1H3. The molecule has 4 heteroatoms. The van der Waals surface area contributed by atoms with Crippen LogP contribution >= 0.6 is 0 Å². The maximum absolute atomic E-state index is 10.1. The van der Waals surface area contributed by atoms with Crippen LogP contribution in [0.5, 0.6) is 17.2 Å². The van der Waals surface area contributed by atoms with Crippen molar-refractivity contribution in [1.29, 1.82) is 0 Å². The Hall–Kier alpha value is -2.20. The predicted octanol–water partition coefficient (Wildman–Crippen LogP) is 2.79. The Bertz CT molecular complexity index is 552. The zero-order valence-electron chi connectivity index (χ0n) is 11.5. The molecule has 4 nitrogen and oxygen atoms in total. The number of hydrogen-bond donors (Lipinski definition) is 3. The number of benzene rings is 2. The Morgan fingerprint density at radius 1 is 1.00 bits per heavy atom. The molecule has 20 heavy (non-hydrogen) atoms. The van der Waals surface area contributed by atoms with E-state index in [1.165, 1.54) is 0 Å². The quantitative estimate of drug-likeness (QED) is 0.757. The van der Waals surface area contributed by atoms with Gasteiger partial charge in [0.25, 0.3) is 0 Å². The van der Waals surface area contributed by atoms with Crippen molar-refractivity contribution in [2.75, 3.05) is 6.61 Å². The minimum atomic E-state index is 0.188. The van der Waals surface area contributed by atoms with E-state index in [0.717, 1.165) is 11.1 Å². The van der Waals surface area contributed by atoms with Crippen molar-refractivity contribution in [3.63, 3.8) is 0 Å². The summed E-state index contributed by atoms with van der Waals surface area (Å²) in [5.74, 6) is 0.958. The summed E-state index contributed by atoms with van der Waals surface area (Å²) in [6.45, 7) is 3.62. The van der Waals surface area contributed by atoms with Crippen LogP contribution in [0.25, 0.3) is 0 Å². The van der Waals surface area contributed by atoms with Crippen molar-refractivity contribution in [2.45, 2.75) is 20.0 Å². The molecule has 106 valence electrons. The van der Waals surface area contributed by atoms with Gasteiger partial charge < -0.3 is 20.3 Å². The van der Waals surface area contributed by atoms with E-state index in [0.29, 0.717) is 25.4 Å². The number of phenols is 2. The normalized spacial score (nSPS) is 10.4. The Balaban J connectivity index is 1.94. The third-order valence-electron chi connectivity index (χ3n) is 2.96. The van der Waals surface area contributed by atoms with Gasteiger partial charge in [0.2, 0.25) is 0 Å². The molecule has 0 saturated carbocycles. The van der Waals surface area contributed by atoms with E-state index >= 15 is 0 Å². The Morgan fingerprint density at radius 2 is 1.75 bits per heavy atom. The number of ether oxygens (including phenoxy) is 1. The number of nitrogens with one attached hydrogen (secondary N) is 1. The first kappa shape index (κ1) is 14.2. The van der Waals surface area contributed by atoms with Gasteiger partial charge in [0.1, 0.15) is 5.75 Å². The first-order valence-electron chi connectivity index (χ1n) is 6.63. The summed E-state index contributed by atoms with van der Waals surface area (Å²) >= 11 is 0. The lowest BCUT2D eigenvalue weighted by molar-refractivity contribution is 0.316. The second-order valence-electron chi connectivity index (χ2n) is 4.47. The molecule has 0 bridgehead atoms. The van der Waals surface area contributed by atoms with Gasteiger partial charge in [-0.1, -0.05) is 24.3 Å². The smallest absolute Gasteiger partial charge is 0.162 e. The average molecular weight is 273 g/mol. The molecule has 0 saturated heterocycles. The van der Waals surface area contributed by atoms with Crippen LogP contribution < -0.4 is 10.1 Å². The van der Waals surface area contributed by atoms with Crippen LogP contribution in [0.3, 0.4) is 0 Å². The van der Waals surface area contributed by atoms with E-state index in [-0.39, 0.29) is 11.5 Å². The van der Waals surface area contributed by atoms with Crippen LogP contribution in [0, 0.1) is 0 Å². The van der Waals surface area contributed by atoms with E-state index in [9.17, 15) is 10.2 Å². The van der Waals surface area contributed by atoms with Gasteiger partial charge in [0, 0.05) is 18.7 Å². The van der Waals surface area contributed by atoms with Crippen LogP contribution in [0.2, 0.25) is 0 Å². The van der Waals surface area contributed by atoms with Crippen molar-refractivity contribution in [3.8, 4) is 17.2 Å². The van der Waals surface area contributed by atoms with Crippen LogP contribution in [0.1, 0.15) is 18.1 Å². The molecular formula is C16H19NO3. The molecule has 0 aromatic heterocycles. The molecule has 3 N–H and O–H groups in total. The summed E-state index contributed by atoms with van der Waals surface area (Å²) in [7, 11) is 0. The minimum Gasteiger partial charge on any atom is -0.508 e. The van der Waals surface area contributed by atoms with Crippen molar-refractivity contribution in [1.82, 2.24) is 5.32 Å². The summed E-state index contributed by atoms with van der Waals surface area (Å²) in [6, 6.07) is 12.5. The van der Waals surface area contributed by atoms with E-state index < -0.39 is 0 Å². The second kappa shape index (κ2) is 6.82. The number of phenolic OH excluding ortho intramolecular Hbond substituents is 2. The first-order valence-corrected chi connectivity index (χ1v) is 6.63. The van der Waals surface area contributed by atoms with Crippen molar-refractivity contribution in [2.24, 2.45) is 0 Å². The van der Waals surface area contributed by atoms with Crippen LogP contribution in [-0.4, -0.2) is 16.8 Å². The largest absolute Gasteiger partial charge is 0.508 e. The van der Waals surface area contributed by atoms with Gasteiger partial charge in [0.15, 0.2) is 11.5 Å². The summed E-state index contributed by atoms with van der Waals surface area (Å²) in [4.78, 5) is 0. The maximum atomic E-state index is 10.1. The van der Waals surface area contributed by atoms with Crippen molar-refractivity contribution >= 4 is 0 Å². The molecule has 0 aliphatic rings. The molecule has 2 aromatic carbocycles. The third-order valence-corrected chi connectivity index (χ3v) is 2.96. The summed E-state index contributed by atoms with van der Waals surface area (Å²) in [6.07, 6.45) is 0. The van der Waals surface area contributed by atoms with Crippen LogP contribution in [0.4, 0.5) is 0 Å². The molecule has 0 aliphatic heterocycles. The molecule has 0 spiro atoms. The lowest BCUT2D eigenvalue weighted by Gasteiger charge is -2.11. The van der Waals surface area contributed by atoms with E-state index in [1.54, 1.807) is 18.2 Å². The fourth-order valence-electron chi connectivity index (χ4n) is 1.94. The highest BCUT2D eigenvalue weighted by atomic mass is 16.5. The lowest BCUT2D eigenvalue weighted by atomic mass is 10.1. The average Bonchev–Trinajstić information content (AvgIpc) is 2.45. The molecule has 0 amide bonds. The highest BCUT2D eigenvalue weighted by molar-refractivity contribution is 5.45. The minimum absolute atomic E-state index is 0.188. The molecule has 2 aromatic rings. The van der Waals surface area contributed by atoms with Crippen molar-refractivity contribution < 1.29 is 14.9 Å². The van der Waals surface area contributed by atoms with Crippen LogP contribution in [-0.2, 0) is 13.1 Å². The van der Waals surface area contributed by atoms with E-state index in [4.69, 9.17) is 4.74 Å².